The Morgan fingerprint density at radius 1 is 1.71 bits per heavy atom. The molecule has 76 valence electrons. The van der Waals surface area contributed by atoms with Crippen molar-refractivity contribution in [2.45, 2.75) is 6.92 Å². The van der Waals surface area contributed by atoms with Crippen molar-refractivity contribution in [1.29, 1.82) is 0 Å². The molecule has 0 unspecified atom stereocenters. The number of aromatic hydroxyl groups is 1. The fourth-order valence-corrected chi connectivity index (χ4v) is 1.06. The monoisotopic (exact) mass is 262 g/mol. The highest BCUT2D eigenvalue weighted by Gasteiger charge is 2.19. The highest BCUT2D eigenvalue weighted by atomic mass is 79.9. The lowest BCUT2D eigenvalue weighted by atomic mass is 10.3. The molecule has 0 radical (unpaired) electrons. The Morgan fingerprint density at radius 2 is 2.36 bits per heavy atom. The molecule has 0 atom stereocenters. The van der Waals surface area contributed by atoms with Crippen LogP contribution in [0.25, 0.3) is 0 Å². The molecule has 0 aliphatic carbocycles. The molecule has 0 aromatic carbocycles. The number of carbonyl (C=O) groups is 1. The Kier molecular flexibility index (Phi) is 3.29. The number of rotatable bonds is 2. The van der Waals surface area contributed by atoms with E-state index in [-0.39, 0.29) is 11.1 Å². The Labute approximate surface area is 87.4 Å². The van der Waals surface area contributed by atoms with Crippen molar-refractivity contribution in [1.82, 2.24) is 0 Å². The van der Waals surface area contributed by atoms with Crippen LogP contribution in [0.3, 0.4) is 0 Å². The van der Waals surface area contributed by atoms with Crippen LogP contribution in [0.1, 0.15) is 17.5 Å². The lowest BCUT2D eigenvalue weighted by molar-refractivity contribution is 0.0481. The summed E-state index contributed by atoms with van der Waals surface area (Å²) in [7, 11) is 0. The first-order valence-corrected chi connectivity index (χ1v) is 4.54. The predicted molar refractivity (Wildman–Crippen MR) is 50.3 cm³/mol. The molecule has 1 heterocycles. The molecule has 0 bridgehead atoms. The van der Waals surface area contributed by atoms with E-state index in [9.17, 15) is 14.7 Å². The Bertz CT molecular complexity index is 409. The van der Waals surface area contributed by atoms with Gasteiger partial charge in [0.15, 0.2) is 0 Å². The van der Waals surface area contributed by atoms with Crippen LogP contribution in [0, 0.1) is 0 Å². The van der Waals surface area contributed by atoms with Crippen molar-refractivity contribution in [3.63, 3.8) is 0 Å². The minimum Gasteiger partial charge on any atom is -0.501 e. The molecule has 5 nitrogen and oxygen atoms in total. The molecule has 14 heavy (non-hydrogen) atoms. The van der Waals surface area contributed by atoms with E-state index in [4.69, 9.17) is 4.42 Å². The first-order chi connectivity index (χ1) is 6.57. The predicted octanol–water partition coefficient (Wildman–Crippen LogP) is 1.28. The van der Waals surface area contributed by atoms with Gasteiger partial charge in [-0.1, -0.05) is 0 Å². The number of hydrogen-bond donors (Lipinski definition) is 1. The highest BCUT2D eigenvalue weighted by molar-refractivity contribution is 9.10. The normalized spacial score (nSPS) is 9.86. The minimum atomic E-state index is -0.866. The molecule has 0 saturated carbocycles. The summed E-state index contributed by atoms with van der Waals surface area (Å²) in [6.07, 6.45) is 1.02. The summed E-state index contributed by atoms with van der Waals surface area (Å²) in [6.45, 7) is 1.74. The van der Waals surface area contributed by atoms with Crippen LogP contribution in [-0.4, -0.2) is 17.7 Å². The van der Waals surface area contributed by atoms with Crippen LogP contribution in [0.4, 0.5) is 0 Å². The summed E-state index contributed by atoms with van der Waals surface area (Å²) in [6, 6.07) is 0. The van der Waals surface area contributed by atoms with Crippen LogP contribution >= 0.6 is 15.9 Å². The van der Waals surface area contributed by atoms with E-state index >= 15 is 0 Å². The standard InChI is InChI=1S/C8H7BrO5/c1-2-13-8(12)7-6(11)5(10)4(9)3-14-7/h3,11H,2H2,1H3. The molecular formula is C8H7BrO5. The first kappa shape index (κ1) is 10.8. The molecule has 0 spiro atoms. The topological polar surface area (TPSA) is 76.7 Å². The summed E-state index contributed by atoms with van der Waals surface area (Å²) < 4.78 is 9.31. The van der Waals surface area contributed by atoms with E-state index in [0.717, 1.165) is 6.26 Å². The van der Waals surface area contributed by atoms with Crippen molar-refractivity contribution in [3.05, 3.63) is 26.7 Å². The van der Waals surface area contributed by atoms with Gasteiger partial charge in [0.05, 0.1) is 6.61 Å². The summed E-state index contributed by atoms with van der Waals surface area (Å²) in [5.41, 5.74) is -0.709. The van der Waals surface area contributed by atoms with E-state index < -0.39 is 22.9 Å². The van der Waals surface area contributed by atoms with Crippen LogP contribution in [-0.2, 0) is 4.74 Å². The van der Waals surface area contributed by atoms with Gasteiger partial charge in [-0.05, 0) is 22.9 Å². The zero-order valence-electron chi connectivity index (χ0n) is 7.24. The van der Waals surface area contributed by atoms with Crippen LogP contribution in [0.5, 0.6) is 5.75 Å². The average molecular weight is 263 g/mol. The van der Waals surface area contributed by atoms with Crippen molar-refractivity contribution in [2.75, 3.05) is 6.61 Å². The zero-order chi connectivity index (χ0) is 10.7. The fraction of sp³-hybridized carbons (Fsp3) is 0.250. The third-order valence-corrected chi connectivity index (χ3v) is 1.94. The van der Waals surface area contributed by atoms with Gasteiger partial charge in [-0.25, -0.2) is 4.79 Å². The Balaban J connectivity index is 3.18. The molecule has 0 fully saturated rings. The van der Waals surface area contributed by atoms with Gasteiger partial charge >= 0.3 is 5.97 Å². The second kappa shape index (κ2) is 4.28. The quantitative estimate of drug-likeness (QED) is 0.813. The highest BCUT2D eigenvalue weighted by Crippen LogP contribution is 2.16. The summed E-state index contributed by atoms with van der Waals surface area (Å²) in [5, 5.41) is 9.24. The van der Waals surface area contributed by atoms with Gasteiger partial charge in [-0.2, -0.15) is 0 Å². The molecule has 1 N–H and O–H groups in total. The maximum Gasteiger partial charge on any atom is 0.378 e. The fourth-order valence-electron chi connectivity index (χ4n) is 0.778. The Hall–Kier alpha value is -1.30. The minimum absolute atomic E-state index is 0.0445. The van der Waals surface area contributed by atoms with E-state index in [0.29, 0.717) is 0 Å². The Morgan fingerprint density at radius 3 is 2.93 bits per heavy atom. The number of hydrogen-bond acceptors (Lipinski definition) is 5. The molecule has 1 aromatic rings. The first-order valence-electron chi connectivity index (χ1n) is 3.75. The molecule has 6 heteroatoms. The SMILES string of the molecule is CCOC(=O)c1occ(Br)c(=O)c1O. The second-order valence-electron chi connectivity index (χ2n) is 2.31. The maximum atomic E-state index is 11.1. The van der Waals surface area contributed by atoms with Crippen molar-refractivity contribution in [3.8, 4) is 5.75 Å². The van der Waals surface area contributed by atoms with Gasteiger partial charge in [0.1, 0.15) is 10.7 Å². The molecular weight excluding hydrogens is 256 g/mol. The van der Waals surface area contributed by atoms with Gasteiger partial charge in [0.25, 0.3) is 5.76 Å². The van der Waals surface area contributed by atoms with E-state index in [2.05, 4.69) is 20.7 Å². The van der Waals surface area contributed by atoms with Crippen LogP contribution < -0.4 is 5.43 Å². The van der Waals surface area contributed by atoms with Crippen molar-refractivity contribution < 1.29 is 19.1 Å². The third kappa shape index (κ3) is 1.95. The number of ether oxygens (including phenoxy) is 1. The lowest BCUT2D eigenvalue weighted by Crippen LogP contribution is -2.11. The van der Waals surface area contributed by atoms with Gasteiger partial charge in [0, 0.05) is 0 Å². The lowest BCUT2D eigenvalue weighted by Gasteiger charge is -2.01. The van der Waals surface area contributed by atoms with E-state index in [1.165, 1.54) is 0 Å². The van der Waals surface area contributed by atoms with Crippen molar-refractivity contribution >= 4 is 21.9 Å². The second-order valence-corrected chi connectivity index (χ2v) is 3.17. The number of halogens is 1. The van der Waals surface area contributed by atoms with Crippen LogP contribution in [0.15, 0.2) is 19.9 Å². The molecule has 1 rings (SSSR count). The smallest absolute Gasteiger partial charge is 0.378 e. The zero-order valence-corrected chi connectivity index (χ0v) is 8.83. The molecule has 0 aliphatic heterocycles. The van der Waals surface area contributed by atoms with Crippen molar-refractivity contribution in [2.24, 2.45) is 0 Å². The maximum absolute atomic E-state index is 11.1. The van der Waals surface area contributed by atoms with Gasteiger partial charge in [0.2, 0.25) is 11.2 Å². The number of esters is 1. The third-order valence-electron chi connectivity index (χ3n) is 1.39. The molecule has 0 amide bonds. The van der Waals surface area contributed by atoms with Crippen LogP contribution in [0.2, 0.25) is 0 Å². The largest absolute Gasteiger partial charge is 0.501 e. The molecule has 0 saturated heterocycles. The summed E-state index contributed by atoms with van der Waals surface area (Å²) in [5.74, 6) is -2.10. The van der Waals surface area contributed by atoms with E-state index in [1.54, 1.807) is 6.92 Å². The van der Waals surface area contributed by atoms with Gasteiger partial charge < -0.3 is 14.3 Å². The summed E-state index contributed by atoms with van der Waals surface area (Å²) in [4.78, 5) is 22.2. The summed E-state index contributed by atoms with van der Waals surface area (Å²) >= 11 is 2.85. The molecule has 0 aliphatic rings. The van der Waals surface area contributed by atoms with Gasteiger partial charge in [-0.3, -0.25) is 4.79 Å². The van der Waals surface area contributed by atoms with Gasteiger partial charge in [-0.15, -0.1) is 0 Å². The molecule has 1 aromatic heterocycles. The average Bonchev–Trinajstić information content (AvgIpc) is 2.15. The van der Waals surface area contributed by atoms with E-state index in [1.807, 2.05) is 0 Å². The number of carbonyl (C=O) groups excluding carboxylic acids is 1.